The third-order valence-electron chi connectivity index (χ3n) is 7.11. The highest BCUT2D eigenvalue weighted by Gasteiger charge is 2.47. The van der Waals surface area contributed by atoms with Crippen molar-refractivity contribution in [3.8, 4) is 17.0 Å². The highest BCUT2D eigenvalue weighted by molar-refractivity contribution is 7.92. The number of nitrogens with zero attached hydrogens (tertiary/aromatic N) is 4. The Balaban J connectivity index is 1.48. The molecule has 0 saturated heterocycles. The fraction of sp³-hybridized carbons (Fsp3) is 0.367. The standard InChI is InChI=1S/C30H37FN6O4SSi/c1-5-42(38,39)36-25-11-6-22(18-27(25)41-30(12-13-30)23-7-9-24(31)10-8-23)26-19-29(34-28-20-32-14-15-33-28)37(35-26)21-40-16-17-43(2,3)4/h6-11,14-15,18-20,36H,5,12-13,16-17,21H2,1-4H3,(H,33,34). The van der Waals surface area contributed by atoms with Crippen LogP contribution in [0.25, 0.3) is 11.3 Å². The van der Waals surface area contributed by atoms with E-state index in [0.717, 1.165) is 24.4 Å². The summed E-state index contributed by atoms with van der Waals surface area (Å²) in [5, 5.41) is 8.07. The Kier molecular flexibility index (Phi) is 8.85. The Bertz CT molecular complexity index is 1660. The van der Waals surface area contributed by atoms with Gasteiger partial charge < -0.3 is 14.8 Å². The molecule has 0 aliphatic heterocycles. The second-order valence-electron chi connectivity index (χ2n) is 11.8. The van der Waals surface area contributed by atoms with Crippen molar-refractivity contribution in [2.45, 2.75) is 57.8 Å². The number of hydrogen-bond donors (Lipinski definition) is 2. The van der Waals surface area contributed by atoms with Crippen LogP contribution in [-0.2, 0) is 27.1 Å². The lowest BCUT2D eigenvalue weighted by Gasteiger charge is -2.22. The summed E-state index contributed by atoms with van der Waals surface area (Å²) in [7, 11) is -4.84. The van der Waals surface area contributed by atoms with Gasteiger partial charge in [0.25, 0.3) is 0 Å². The molecule has 0 radical (unpaired) electrons. The molecule has 4 aromatic rings. The van der Waals surface area contributed by atoms with Crippen molar-refractivity contribution in [1.82, 2.24) is 19.7 Å². The summed E-state index contributed by atoms with van der Waals surface area (Å²) >= 11 is 0. The quantitative estimate of drug-likeness (QED) is 0.123. The van der Waals surface area contributed by atoms with Crippen LogP contribution in [0.5, 0.6) is 5.75 Å². The van der Waals surface area contributed by atoms with Crippen molar-refractivity contribution in [1.29, 1.82) is 0 Å². The second kappa shape index (κ2) is 12.4. The smallest absolute Gasteiger partial charge is 0.232 e. The molecule has 228 valence electrons. The van der Waals surface area contributed by atoms with Crippen molar-refractivity contribution in [2.24, 2.45) is 0 Å². The molecule has 0 unspecified atom stereocenters. The first-order valence-corrected chi connectivity index (χ1v) is 19.6. The van der Waals surface area contributed by atoms with Gasteiger partial charge in [-0.1, -0.05) is 37.8 Å². The number of anilines is 3. The maximum absolute atomic E-state index is 13.6. The Hall–Kier alpha value is -3.81. The van der Waals surface area contributed by atoms with Gasteiger partial charge >= 0.3 is 0 Å². The molecule has 1 saturated carbocycles. The molecule has 0 bridgehead atoms. The Labute approximate surface area is 252 Å². The topological polar surface area (TPSA) is 120 Å². The monoisotopic (exact) mass is 624 g/mol. The third-order valence-corrected chi connectivity index (χ3v) is 10.1. The summed E-state index contributed by atoms with van der Waals surface area (Å²) in [4.78, 5) is 8.45. The van der Waals surface area contributed by atoms with Gasteiger partial charge in [0.2, 0.25) is 10.0 Å². The van der Waals surface area contributed by atoms with Gasteiger partial charge in [-0.05, 0) is 55.6 Å². The van der Waals surface area contributed by atoms with Crippen LogP contribution in [0.1, 0.15) is 25.3 Å². The molecule has 5 rings (SSSR count). The van der Waals surface area contributed by atoms with E-state index in [0.29, 0.717) is 40.9 Å². The molecule has 0 atom stereocenters. The highest BCUT2D eigenvalue weighted by atomic mass is 32.2. The number of sulfonamides is 1. The van der Waals surface area contributed by atoms with Gasteiger partial charge in [-0.25, -0.2) is 22.5 Å². The Morgan fingerprint density at radius 2 is 1.84 bits per heavy atom. The van der Waals surface area contributed by atoms with Crippen molar-refractivity contribution in [2.75, 3.05) is 22.4 Å². The van der Waals surface area contributed by atoms with Gasteiger partial charge in [-0.3, -0.25) is 9.71 Å². The van der Waals surface area contributed by atoms with Crippen LogP contribution < -0.4 is 14.8 Å². The molecule has 2 heterocycles. The van der Waals surface area contributed by atoms with Gasteiger partial charge in [0.15, 0.2) is 0 Å². The number of halogens is 1. The molecule has 1 aliphatic carbocycles. The number of hydrogen-bond acceptors (Lipinski definition) is 8. The predicted molar refractivity (Wildman–Crippen MR) is 168 cm³/mol. The third kappa shape index (κ3) is 7.97. The average Bonchev–Trinajstić information content (AvgIpc) is 3.64. The molecule has 0 amide bonds. The molecular weight excluding hydrogens is 588 g/mol. The van der Waals surface area contributed by atoms with E-state index in [-0.39, 0.29) is 18.3 Å². The normalized spacial score (nSPS) is 14.3. The first kappa shape index (κ1) is 30.6. The van der Waals surface area contributed by atoms with Gasteiger partial charge in [-0.15, -0.1) is 0 Å². The number of nitrogens with one attached hydrogen (secondary N) is 2. The summed E-state index contributed by atoms with van der Waals surface area (Å²) in [6.07, 6.45) is 6.26. The molecule has 1 aliphatic rings. The molecule has 1 fully saturated rings. The van der Waals surface area contributed by atoms with E-state index in [4.69, 9.17) is 14.6 Å². The van der Waals surface area contributed by atoms with Gasteiger partial charge in [-0.2, -0.15) is 5.10 Å². The fourth-order valence-electron chi connectivity index (χ4n) is 4.40. The van der Waals surface area contributed by atoms with Crippen LogP contribution >= 0.6 is 0 Å². The molecule has 0 spiro atoms. The number of aromatic nitrogens is 4. The largest absolute Gasteiger partial charge is 0.480 e. The maximum atomic E-state index is 13.6. The molecular formula is C30H37FN6O4SSi. The second-order valence-corrected chi connectivity index (χ2v) is 19.4. The zero-order chi connectivity index (χ0) is 30.7. The Morgan fingerprint density at radius 1 is 1.07 bits per heavy atom. The zero-order valence-corrected chi connectivity index (χ0v) is 26.6. The van der Waals surface area contributed by atoms with E-state index in [1.807, 2.05) is 6.07 Å². The van der Waals surface area contributed by atoms with Crippen LogP contribution in [0.15, 0.2) is 67.1 Å². The number of benzene rings is 2. The molecule has 2 aromatic carbocycles. The first-order valence-electron chi connectivity index (χ1n) is 14.2. The van der Waals surface area contributed by atoms with Crippen molar-refractivity contribution >= 4 is 35.4 Å². The molecule has 2 aromatic heterocycles. The minimum atomic E-state index is -3.57. The van der Waals surface area contributed by atoms with Crippen LogP contribution in [0.2, 0.25) is 25.7 Å². The maximum Gasteiger partial charge on any atom is 0.232 e. The van der Waals surface area contributed by atoms with E-state index in [1.54, 1.807) is 60.5 Å². The number of rotatable bonds is 14. The Morgan fingerprint density at radius 3 is 2.49 bits per heavy atom. The predicted octanol–water partition coefficient (Wildman–Crippen LogP) is 6.36. The average molecular weight is 625 g/mol. The molecule has 10 nitrogen and oxygen atoms in total. The van der Waals surface area contributed by atoms with E-state index < -0.39 is 23.7 Å². The summed E-state index contributed by atoms with van der Waals surface area (Å²) in [6, 6.07) is 14.4. The minimum Gasteiger partial charge on any atom is -0.480 e. The van der Waals surface area contributed by atoms with Crippen molar-refractivity contribution in [3.63, 3.8) is 0 Å². The molecule has 43 heavy (non-hydrogen) atoms. The van der Waals surface area contributed by atoms with Gasteiger partial charge in [0.1, 0.15) is 35.5 Å². The lowest BCUT2D eigenvalue weighted by Crippen LogP contribution is -2.22. The SMILES string of the molecule is CCS(=O)(=O)Nc1ccc(-c2cc(Nc3cnccn3)n(COCC[Si](C)(C)C)n2)cc1OC1(c2ccc(F)cc2)CC1. The van der Waals surface area contributed by atoms with Crippen LogP contribution in [0.3, 0.4) is 0 Å². The van der Waals surface area contributed by atoms with E-state index >= 15 is 0 Å². The van der Waals surface area contributed by atoms with Gasteiger partial charge in [0.05, 0.1) is 23.3 Å². The lowest BCUT2D eigenvalue weighted by molar-refractivity contribution is 0.0803. The minimum absolute atomic E-state index is 0.0865. The summed E-state index contributed by atoms with van der Waals surface area (Å²) in [5.41, 5.74) is 1.83. The van der Waals surface area contributed by atoms with Crippen LogP contribution in [0, 0.1) is 5.82 Å². The lowest BCUT2D eigenvalue weighted by atomic mass is 10.1. The van der Waals surface area contributed by atoms with Crippen LogP contribution in [0.4, 0.5) is 21.7 Å². The van der Waals surface area contributed by atoms with Gasteiger partial charge in [0, 0.05) is 38.7 Å². The van der Waals surface area contributed by atoms with Crippen molar-refractivity contribution < 1.29 is 22.3 Å². The zero-order valence-electron chi connectivity index (χ0n) is 24.8. The fourth-order valence-corrected chi connectivity index (χ4v) is 5.80. The summed E-state index contributed by atoms with van der Waals surface area (Å²) in [5.74, 6) is 1.16. The molecule has 2 N–H and O–H groups in total. The van der Waals surface area contributed by atoms with Crippen molar-refractivity contribution in [3.05, 3.63) is 78.5 Å². The van der Waals surface area contributed by atoms with E-state index in [2.05, 4.69) is 39.6 Å². The number of ether oxygens (including phenoxy) is 2. The van der Waals surface area contributed by atoms with E-state index in [9.17, 15) is 12.8 Å². The summed E-state index contributed by atoms with van der Waals surface area (Å²) in [6.45, 7) is 9.34. The molecule has 13 heteroatoms. The van der Waals surface area contributed by atoms with E-state index in [1.165, 1.54) is 12.1 Å². The first-order chi connectivity index (χ1) is 20.5. The van der Waals surface area contributed by atoms with Crippen LogP contribution in [-0.4, -0.2) is 48.6 Å². The highest BCUT2D eigenvalue weighted by Crippen LogP contribution is 2.51. The summed E-state index contributed by atoms with van der Waals surface area (Å²) < 4.78 is 55.6.